The summed E-state index contributed by atoms with van der Waals surface area (Å²) in [6, 6.07) is 18.1. The number of carbonyl (C=O) groups is 1. The zero-order chi connectivity index (χ0) is 20.1. The van der Waals surface area contributed by atoms with Gasteiger partial charge < -0.3 is 10.2 Å². The molecule has 2 heterocycles. The van der Waals surface area contributed by atoms with Gasteiger partial charge in [0.15, 0.2) is 0 Å². The molecule has 0 aliphatic carbocycles. The van der Waals surface area contributed by atoms with Crippen molar-refractivity contribution in [1.82, 2.24) is 15.1 Å². The molecule has 1 aliphatic rings. The second-order valence-corrected chi connectivity index (χ2v) is 7.92. The highest BCUT2D eigenvalue weighted by atomic mass is 16.1. The number of aryl methyl sites for hydroxylation is 1. The van der Waals surface area contributed by atoms with E-state index in [1.807, 2.05) is 41.9 Å². The fourth-order valence-corrected chi connectivity index (χ4v) is 3.97. The molecular weight excluding hydrogens is 360 g/mol. The molecule has 150 valence electrons. The van der Waals surface area contributed by atoms with Crippen molar-refractivity contribution in [1.29, 1.82) is 0 Å². The molecule has 2 aromatic carbocycles. The Morgan fingerprint density at radius 1 is 0.966 bits per heavy atom. The summed E-state index contributed by atoms with van der Waals surface area (Å²) in [4.78, 5) is 14.2. The van der Waals surface area contributed by atoms with Crippen LogP contribution in [0.4, 0.5) is 0 Å². The minimum atomic E-state index is -0.0597. The summed E-state index contributed by atoms with van der Waals surface area (Å²) in [6.45, 7) is 6.23. The molecule has 0 radical (unpaired) electrons. The second kappa shape index (κ2) is 9.05. The molecule has 1 aromatic heterocycles. The molecule has 1 aliphatic heterocycles. The largest absolute Gasteiger partial charge is 0.348 e. The Hall–Kier alpha value is -2.92. The van der Waals surface area contributed by atoms with Crippen LogP contribution in [0.1, 0.15) is 46.4 Å². The number of nitrogens with zero attached hydrogens (tertiary/aromatic N) is 2. The zero-order valence-corrected chi connectivity index (χ0v) is 17.0. The number of benzene rings is 2. The number of piperidine rings is 1. The number of rotatable bonds is 6. The topological polar surface area (TPSA) is 51.4 Å². The molecule has 1 saturated heterocycles. The molecule has 29 heavy (non-hydrogen) atoms. The quantitative estimate of drug-likeness (QED) is 0.681. The monoisotopic (exact) mass is 389 g/mol. The van der Waals surface area contributed by atoms with Crippen molar-refractivity contribution in [3.05, 3.63) is 83.2 Å². The first-order valence-electron chi connectivity index (χ1n) is 10.5. The van der Waals surface area contributed by atoms with Gasteiger partial charge >= 0.3 is 0 Å². The molecule has 1 amide bonds. The van der Waals surface area contributed by atoms with E-state index in [0.717, 1.165) is 23.5 Å². The second-order valence-electron chi connectivity index (χ2n) is 7.92. The SMILES string of the molecule is Cc1ccnn1-c1ccc(C(=O)NCc2ccc(C[NH+]3CCCCC3)cc2)cc1. The van der Waals surface area contributed by atoms with Gasteiger partial charge in [-0.2, -0.15) is 5.10 Å². The summed E-state index contributed by atoms with van der Waals surface area (Å²) in [6.07, 6.45) is 5.85. The van der Waals surface area contributed by atoms with E-state index in [9.17, 15) is 4.79 Å². The Balaban J connectivity index is 1.30. The lowest BCUT2D eigenvalue weighted by Gasteiger charge is -2.23. The van der Waals surface area contributed by atoms with Gasteiger partial charge in [-0.1, -0.05) is 24.3 Å². The van der Waals surface area contributed by atoms with Gasteiger partial charge in [-0.25, -0.2) is 4.68 Å². The van der Waals surface area contributed by atoms with Crippen molar-refractivity contribution in [3.8, 4) is 5.69 Å². The molecule has 0 atom stereocenters. The lowest BCUT2D eigenvalue weighted by molar-refractivity contribution is -0.918. The van der Waals surface area contributed by atoms with Gasteiger partial charge in [0.25, 0.3) is 5.91 Å². The minimum Gasteiger partial charge on any atom is -0.348 e. The van der Waals surface area contributed by atoms with E-state index in [-0.39, 0.29) is 5.91 Å². The first kappa shape index (κ1) is 19.4. The van der Waals surface area contributed by atoms with Crippen LogP contribution in [0.25, 0.3) is 5.69 Å². The molecule has 1 fully saturated rings. The van der Waals surface area contributed by atoms with E-state index in [2.05, 4.69) is 34.7 Å². The highest BCUT2D eigenvalue weighted by Crippen LogP contribution is 2.12. The van der Waals surface area contributed by atoms with Gasteiger partial charge in [0.2, 0.25) is 0 Å². The fourth-order valence-electron chi connectivity index (χ4n) is 3.97. The van der Waals surface area contributed by atoms with Crippen molar-refractivity contribution < 1.29 is 9.69 Å². The third-order valence-electron chi connectivity index (χ3n) is 5.70. The Morgan fingerprint density at radius 3 is 2.31 bits per heavy atom. The van der Waals surface area contributed by atoms with Gasteiger partial charge in [-0.15, -0.1) is 0 Å². The maximum atomic E-state index is 12.5. The molecule has 5 nitrogen and oxygen atoms in total. The predicted octanol–water partition coefficient (Wildman–Crippen LogP) is 2.68. The van der Waals surface area contributed by atoms with Crippen LogP contribution in [0.5, 0.6) is 0 Å². The first-order valence-corrected chi connectivity index (χ1v) is 10.5. The summed E-state index contributed by atoms with van der Waals surface area (Å²) in [5.74, 6) is -0.0597. The average Bonchev–Trinajstić information content (AvgIpc) is 3.20. The zero-order valence-electron chi connectivity index (χ0n) is 17.0. The van der Waals surface area contributed by atoms with E-state index in [0.29, 0.717) is 12.1 Å². The lowest BCUT2D eigenvalue weighted by Crippen LogP contribution is -3.11. The standard InChI is InChI=1S/C24H28N4O/c1-19-13-14-26-28(19)23-11-9-22(10-12-23)24(29)25-17-20-5-7-21(8-6-20)18-27-15-3-2-4-16-27/h5-14H,2-4,15-18H2,1H3,(H,25,29)/p+1. The highest BCUT2D eigenvalue weighted by Gasteiger charge is 2.13. The van der Waals surface area contributed by atoms with Gasteiger partial charge in [0.05, 0.1) is 18.8 Å². The Kier molecular flexibility index (Phi) is 6.06. The van der Waals surface area contributed by atoms with E-state index in [1.54, 1.807) is 11.1 Å². The molecule has 0 unspecified atom stereocenters. The Morgan fingerprint density at radius 2 is 1.66 bits per heavy atom. The lowest BCUT2D eigenvalue weighted by atomic mass is 10.1. The van der Waals surface area contributed by atoms with Crippen LogP contribution >= 0.6 is 0 Å². The number of amides is 1. The van der Waals surface area contributed by atoms with Crippen LogP contribution < -0.4 is 10.2 Å². The number of nitrogens with one attached hydrogen (secondary N) is 2. The number of hydrogen-bond donors (Lipinski definition) is 2. The number of carbonyl (C=O) groups excluding carboxylic acids is 1. The maximum Gasteiger partial charge on any atom is 0.251 e. The van der Waals surface area contributed by atoms with Crippen molar-refractivity contribution in [2.24, 2.45) is 0 Å². The Bertz CT molecular complexity index is 938. The molecular formula is C24H29N4O+. The normalized spacial score (nSPS) is 14.7. The summed E-state index contributed by atoms with van der Waals surface area (Å²) >= 11 is 0. The van der Waals surface area contributed by atoms with Gasteiger partial charge in [-0.05, 0) is 62.1 Å². The molecule has 3 aromatic rings. The van der Waals surface area contributed by atoms with Gasteiger partial charge in [-0.3, -0.25) is 4.79 Å². The smallest absolute Gasteiger partial charge is 0.251 e. The van der Waals surface area contributed by atoms with Crippen LogP contribution in [0.3, 0.4) is 0 Å². The van der Waals surface area contributed by atoms with Crippen LogP contribution in [-0.2, 0) is 13.1 Å². The molecule has 2 N–H and O–H groups in total. The van der Waals surface area contributed by atoms with Crippen molar-refractivity contribution in [3.63, 3.8) is 0 Å². The molecule has 0 bridgehead atoms. The van der Waals surface area contributed by atoms with Crippen LogP contribution in [-0.4, -0.2) is 28.8 Å². The fraction of sp³-hybridized carbons (Fsp3) is 0.333. The van der Waals surface area contributed by atoms with E-state index in [1.165, 1.54) is 37.9 Å². The summed E-state index contributed by atoms with van der Waals surface area (Å²) in [5, 5.41) is 7.31. The third-order valence-corrected chi connectivity index (χ3v) is 5.70. The molecule has 0 saturated carbocycles. The summed E-state index contributed by atoms with van der Waals surface area (Å²) in [5.41, 5.74) is 5.17. The van der Waals surface area contributed by atoms with Crippen LogP contribution in [0, 0.1) is 6.92 Å². The number of aromatic nitrogens is 2. The number of quaternary nitrogens is 1. The van der Waals surface area contributed by atoms with Crippen molar-refractivity contribution >= 4 is 5.91 Å². The first-order chi connectivity index (χ1) is 14.2. The van der Waals surface area contributed by atoms with Crippen molar-refractivity contribution in [2.75, 3.05) is 13.1 Å². The van der Waals surface area contributed by atoms with Gasteiger partial charge in [0, 0.05) is 29.6 Å². The van der Waals surface area contributed by atoms with E-state index in [4.69, 9.17) is 0 Å². The summed E-state index contributed by atoms with van der Waals surface area (Å²) in [7, 11) is 0. The average molecular weight is 390 g/mol. The molecule has 5 heteroatoms. The van der Waals surface area contributed by atoms with Crippen LogP contribution in [0.2, 0.25) is 0 Å². The van der Waals surface area contributed by atoms with Gasteiger partial charge in [0.1, 0.15) is 6.54 Å². The number of likely N-dealkylation sites (tertiary alicyclic amines) is 1. The third kappa shape index (κ3) is 4.93. The summed E-state index contributed by atoms with van der Waals surface area (Å²) < 4.78 is 1.86. The van der Waals surface area contributed by atoms with E-state index >= 15 is 0 Å². The highest BCUT2D eigenvalue weighted by molar-refractivity contribution is 5.94. The van der Waals surface area contributed by atoms with E-state index < -0.39 is 0 Å². The maximum absolute atomic E-state index is 12.5. The predicted molar refractivity (Wildman–Crippen MR) is 114 cm³/mol. The number of hydrogen-bond acceptors (Lipinski definition) is 2. The molecule has 4 rings (SSSR count). The van der Waals surface area contributed by atoms with Crippen LogP contribution in [0.15, 0.2) is 60.8 Å². The Labute approximate surface area is 172 Å². The molecule has 0 spiro atoms. The minimum absolute atomic E-state index is 0.0597. The van der Waals surface area contributed by atoms with Crippen molar-refractivity contribution in [2.45, 2.75) is 39.3 Å².